The van der Waals surface area contributed by atoms with E-state index in [1.165, 1.54) is 0 Å². The number of aromatic amines is 1. The van der Waals surface area contributed by atoms with Crippen LogP contribution >= 0.6 is 0 Å². The standard InChI is InChI=1S/C14H13N3/c1-10-13(17-11-6-3-2-4-7-11)12-8-5-9-15-14(12)16-10/h2-9,17H,1H3,(H,15,16). The third-order valence-electron chi connectivity index (χ3n) is 2.80. The number of rotatable bonds is 2. The summed E-state index contributed by atoms with van der Waals surface area (Å²) >= 11 is 0. The Morgan fingerprint density at radius 3 is 2.71 bits per heavy atom. The lowest BCUT2D eigenvalue weighted by atomic mass is 10.2. The maximum Gasteiger partial charge on any atom is 0.139 e. The second kappa shape index (κ2) is 3.94. The molecule has 2 N–H and O–H groups in total. The molecule has 17 heavy (non-hydrogen) atoms. The molecule has 0 aliphatic carbocycles. The number of aromatic nitrogens is 2. The van der Waals surface area contributed by atoms with Crippen LogP contribution in [-0.4, -0.2) is 9.97 Å². The molecule has 3 nitrogen and oxygen atoms in total. The lowest BCUT2D eigenvalue weighted by molar-refractivity contribution is 1.25. The fourth-order valence-electron chi connectivity index (χ4n) is 1.98. The van der Waals surface area contributed by atoms with Gasteiger partial charge in [-0.15, -0.1) is 0 Å². The van der Waals surface area contributed by atoms with Crippen molar-refractivity contribution < 1.29 is 0 Å². The van der Waals surface area contributed by atoms with E-state index < -0.39 is 0 Å². The van der Waals surface area contributed by atoms with Gasteiger partial charge in [0.05, 0.1) is 5.69 Å². The molecule has 0 aliphatic rings. The van der Waals surface area contributed by atoms with Crippen LogP contribution in [0.2, 0.25) is 0 Å². The fourth-order valence-corrected chi connectivity index (χ4v) is 1.98. The van der Waals surface area contributed by atoms with Crippen molar-refractivity contribution in [3.8, 4) is 0 Å². The van der Waals surface area contributed by atoms with Gasteiger partial charge in [-0.25, -0.2) is 4.98 Å². The monoisotopic (exact) mass is 223 g/mol. The molecule has 0 aliphatic heterocycles. The minimum atomic E-state index is 0.920. The summed E-state index contributed by atoms with van der Waals surface area (Å²) in [6, 6.07) is 14.2. The summed E-state index contributed by atoms with van der Waals surface area (Å²) in [5.74, 6) is 0. The summed E-state index contributed by atoms with van der Waals surface area (Å²) in [4.78, 5) is 7.58. The van der Waals surface area contributed by atoms with Crippen LogP contribution in [0.15, 0.2) is 48.7 Å². The molecule has 0 spiro atoms. The molecule has 0 atom stereocenters. The predicted octanol–water partition coefficient (Wildman–Crippen LogP) is 3.61. The molecule has 0 bridgehead atoms. The lowest BCUT2D eigenvalue weighted by Gasteiger charge is -2.05. The molecule has 3 heteroatoms. The molecule has 3 rings (SSSR count). The first-order valence-electron chi connectivity index (χ1n) is 5.60. The van der Waals surface area contributed by atoms with Gasteiger partial charge in [0.1, 0.15) is 5.65 Å². The molecular formula is C14H13N3. The van der Waals surface area contributed by atoms with E-state index in [0.717, 1.165) is 28.1 Å². The average molecular weight is 223 g/mol. The summed E-state index contributed by atoms with van der Waals surface area (Å²) in [6.45, 7) is 2.05. The van der Waals surface area contributed by atoms with E-state index in [4.69, 9.17) is 0 Å². The Labute approximate surface area is 99.5 Å². The van der Waals surface area contributed by atoms with E-state index >= 15 is 0 Å². The smallest absolute Gasteiger partial charge is 0.139 e. The van der Waals surface area contributed by atoms with Gasteiger partial charge in [0.2, 0.25) is 0 Å². The van der Waals surface area contributed by atoms with E-state index in [-0.39, 0.29) is 0 Å². The van der Waals surface area contributed by atoms with Crippen LogP contribution in [0.5, 0.6) is 0 Å². The van der Waals surface area contributed by atoms with Crippen LogP contribution in [0.1, 0.15) is 5.69 Å². The maximum absolute atomic E-state index is 4.31. The van der Waals surface area contributed by atoms with Crippen LogP contribution in [0.3, 0.4) is 0 Å². The van der Waals surface area contributed by atoms with Gasteiger partial charge in [0, 0.05) is 23.0 Å². The number of benzene rings is 1. The van der Waals surface area contributed by atoms with Crippen molar-refractivity contribution in [1.29, 1.82) is 0 Å². The number of fused-ring (bicyclic) bond motifs is 1. The molecule has 0 radical (unpaired) electrons. The molecule has 3 aromatic rings. The second-order valence-electron chi connectivity index (χ2n) is 4.02. The van der Waals surface area contributed by atoms with E-state index in [1.807, 2.05) is 31.2 Å². The van der Waals surface area contributed by atoms with E-state index in [1.54, 1.807) is 6.20 Å². The van der Waals surface area contributed by atoms with Gasteiger partial charge < -0.3 is 10.3 Å². The van der Waals surface area contributed by atoms with Gasteiger partial charge in [-0.05, 0) is 31.2 Å². The molecule has 0 saturated heterocycles. The number of aryl methyl sites for hydroxylation is 1. The Hall–Kier alpha value is -2.29. The second-order valence-corrected chi connectivity index (χ2v) is 4.02. The first-order chi connectivity index (χ1) is 8.34. The molecule has 84 valence electrons. The van der Waals surface area contributed by atoms with Gasteiger partial charge in [-0.2, -0.15) is 0 Å². The van der Waals surface area contributed by atoms with E-state index in [9.17, 15) is 0 Å². The maximum atomic E-state index is 4.31. The van der Waals surface area contributed by atoms with Crippen molar-refractivity contribution in [2.24, 2.45) is 0 Å². The minimum absolute atomic E-state index is 0.920. The van der Waals surface area contributed by atoms with Gasteiger partial charge >= 0.3 is 0 Å². The highest BCUT2D eigenvalue weighted by Gasteiger charge is 2.08. The summed E-state index contributed by atoms with van der Waals surface area (Å²) in [6.07, 6.45) is 1.80. The molecule has 2 heterocycles. The molecule has 2 aromatic heterocycles. The highest BCUT2D eigenvalue weighted by molar-refractivity contribution is 5.93. The fraction of sp³-hybridized carbons (Fsp3) is 0.0714. The van der Waals surface area contributed by atoms with Gasteiger partial charge in [-0.1, -0.05) is 18.2 Å². The van der Waals surface area contributed by atoms with Gasteiger partial charge in [0.25, 0.3) is 0 Å². The highest BCUT2D eigenvalue weighted by atomic mass is 15.0. The Bertz CT molecular complexity index is 641. The average Bonchev–Trinajstić information content (AvgIpc) is 2.68. The van der Waals surface area contributed by atoms with Crippen LogP contribution in [-0.2, 0) is 0 Å². The van der Waals surface area contributed by atoms with Crippen molar-refractivity contribution in [3.63, 3.8) is 0 Å². The summed E-state index contributed by atoms with van der Waals surface area (Å²) in [5, 5.41) is 4.54. The van der Waals surface area contributed by atoms with Gasteiger partial charge in [0.15, 0.2) is 0 Å². The summed E-state index contributed by atoms with van der Waals surface area (Å²) < 4.78 is 0. The zero-order valence-corrected chi connectivity index (χ0v) is 9.57. The largest absolute Gasteiger partial charge is 0.354 e. The number of hydrogen-bond donors (Lipinski definition) is 2. The normalized spacial score (nSPS) is 10.6. The minimum Gasteiger partial charge on any atom is -0.354 e. The Kier molecular flexibility index (Phi) is 2.29. The molecular weight excluding hydrogens is 210 g/mol. The van der Waals surface area contributed by atoms with E-state index in [0.29, 0.717) is 0 Å². The van der Waals surface area contributed by atoms with Crippen LogP contribution in [0.4, 0.5) is 11.4 Å². The van der Waals surface area contributed by atoms with Crippen molar-refractivity contribution in [3.05, 3.63) is 54.4 Å². The number of hydrogen-bond acceptors (Lipinski definition) is 2. The molecule has 0 fully saturated rings. The quantitative estimate of drug-likeness (QED) is 0.696. The van der Waals surface area contributed by atoms with Crippen molar-refractivity contribution >= 4 is 22.4 Å². The van der Waals surface area contributed by atoms with Crippen LogP contribution in [0.25, 0.3) is 11.0 Å². The Morgan fingerprint density at radius 2 is 1.88 bits per heavy atom. The van der Waals surface area contributed by atoms with Crippen molar-refractivity contribution in [2.75, 3.05) is 5.32 Å². The molecule has 0 amide bonds. The van der Waals surface area contributed by atoms with Crippen LogP contribution < -0.4 is 5.32 Å². The zero-order chi connectivity index (χ0) is 11.7. The Balaban J connectivity index is 2.08. The SMILES string of the molecule is Cc1[nH]c2ncccc2c1Nc1ccccc1. The van der Waals surface area contributed by atoms with Crippen LogP contribution in [0, 0.1) is 6.92 Å². The number of nitrogens with one attached hydrogen (secondary N) is 2. The third-order valence-corrected chi connectivity index (χ3v) is 2.80. The lowest BCUT2D eigenvalue weighted by Crippen LogP contribution is -1.90. The first kappa shape index (κ1) is 9.90. The number of pyridine rings is 1. The number of para-hydroxylation sites is 1. The van der Waals surface area contributed by atoms with Crippen molar-refractivity contribution in [2.45, 2.75) is 6.92 Å². The third kappa shape index (κ3) is 1.76. The number of nitrogens with zero attached hydrogens (tertiary/aromatic N) is 1. The molecule has 1 aromatic carbocycles. The Morgan fingerprint density at radius 1 is 1.06 bits per heavy atom. The highest BCUT2D eigenvalue weighted by Crippen LogP contribution is 2.28. The van der Waals surface area contributed by atoms with E-state index in [2.05, 4.69) is 33.5 Å². The first-order valence-corrected chi connectivity index (χ1v) is 5.60. The molecule has 0 unspecified atom stereocenters. The predicted molar refractivity (Wildman–Crippen MR) is 70.6 cm³/mol. The zero-order valence-electron chi connectivity index (χ0n) is 9.57. The number of anilines is 2. The molecule has 0 saturated carbocycles. The summed E-state index contributed by atoms with van der Waals surface area (Å²) in [5.41, 5.74) is 4.20. The topological polar surface area (TPSA) is 40.7 Å². The van der Waals surface area contributed by atoms with Gasteiger partial charge in [-0.3, -0.25) is 0 Å². The summed E-state index contributed by atoms with van der Waals surface area (Å²) in [7, 11) is 0. The van der Waals surface area contributed by atoms with Crippen molar-refractivity contribution in [1.82, 2.24) is 9.97 Å². The number of H-pyrrole nitrogens is 1.